The molecule has 0 aliphatic carbocycles. The molecule has 0 aromatic rings. The summed E-state index contributed by atoms with van der Waals surface area (Å²) in [5, 5.41) is 8.69. The van der Waals surface area contributed by atoms with Crippen LogP contribution in [0, 0.1) is 5.92 Å². The van der Waals surface area contributed by atoms with Crippen LogP contribution in [0.3, 0.4) is 0 Å². The molecule has 0 bridgehead atoms. The standard InChI is InChI=1S/C14H22O9/c1-7(2)12(17)22-9(4)13(18)23-10(6-20-5)14(19)21-8(3)11(15)16/h7-10H,6H2,1-5H3,(H,15,16). The Bertz CT molecular complexity index is 444. The van der Waals surface area contributed by atoms with Gasteiger partial charge in [-0.2, -0.15) is 0 Å². The Morgan fingerprint density at radius 2 is 1.35 bits per heavy atom. The van der Waals surface area contributed by atoms with Gasteiger partial charge in [-0.05, 0) is 13.8 Å². The van der Waals surface area contributed by atoms with E-state index in [-0.39, 0.29) is 6.61 Å². The van der Waals surface area contributed by atoms with E-state index in [1.54, 1.807) is 13.8 Å². The summed E-state index contributed by atoms with van der Waals surface area (Å²) in [6.07, 6.45) is -4.10. The summed E-state index contributed by atoms with van der Waals surface area (Å²) in [6, 6.07) is 0. The molecule has 132 valence electrons. The lowest BCUT2D eigenvalue weighted by molar-refractivity contribution is -0.185. The summed E-state index contributed by atoms with van der Waals surface area (Å²) in [5.41, 5.74) is 0. The molecule has 0 radical (unpaired) electrons. The minimum absolute atomic E-state index is 0.332. The zero-order valence-electron chi connectivity index (χ0n) is 13.7. The zero-order valence-corrected chi connectivity index (χ0v) is 13.7. The van der Waals surface area contributed by atoms with Crippen molar-refractivity contribution in [2.75, 3.05) is 13.7 Å². The van der Waals surface area contributed by atoms with E-state index in [0.717, 1.165) is 6.92 Å². The van der Waals surface area contributed by atoms with Gasteiger partial charge in [-0.15, -0.1) is 0 Å². The van der Waals surface area contributed by atoms with Crippen LogP contribution < -0.4 is 0 Å². The van der Waals surface area contributed by atoms with Crippen LogP contribution in [0.4, 0.5) is 0 Å². The third kappa shape index (κ3) is 7.59. The van der Waals surface area contributed by atoms with Crippen LogP contribution in [0.15, 0.2) is 0 Å². The maximum atomic E-state index is 11.8. The number of carbonyl (C=O) groups excluding carboxylic acids is 3. The highest BCUT2D eigenvalue weighted by molar-refractivity contribution is 5.84. The molecule has 0 aliphatic rings. The number of rotatable bonds is 9. The third-order valence-electron chi connectivity index (χ3n) is 2.58. The fraction of sp³-hybridized carbons (Fsp3) is 0.714. The summed E-state index contributed by atoms with van der Waals surface area (Å²) in [7, 11) is 1.26. The number of hydrogen-bond acceptors (Lipinski definition) is 8. The van der Waals surface area contributed by atoms with Crippen LogP contribution >= 0.6 is 0 Å². The maximum Gasteiger partial charge on any atom is 0.350 e. The van der Waals surface area contributed by atoms with Gasteiger partial charge in [-0.25, -0.2) is 14.4 Å². The second-order valence-electron chi connectivity index (χ2n) is 5.03. The van der Waals surface area contributed by atoms with Crippen molar-refractivity contribution >= 4 is 23.9 Å². The largest absolute Gasteiger partial charge is 0.479 e. The predicted octanol–water partition coefficient (Wildman–Crippen LogP) is 0.149. The summed E-state index contributed by atoms with van der Waals surface area (Å²) < 4.78 is 19.1. The molecule has 0 spiro atoms. The van der Waals surface area contributed by atoms with Crippen LogP contribution in [-0.2, 0) is 38.1 Å². The molecule has 9 nitrogen and oxygen atoms in total. The minimum Gasteiger partial charge on any atom is -0.479 e. The smallest absolute Gasteiger partial charge is 0.350 e. The highest BCUT2D eigenvalue weighted by Gasteiger charge is 2.31. The molecule has 0 amide bonds. The molecule has 23 heavy (non-hydrogen) atoms. The number of carboxylic acid groups (broad SMARTS) is 1. The Hall–Kier alpha value is -2.16. The molecule has 3 atom stereocenters. The molecule has 3 unspecified atom stereocenters. The van der Waals surface area contributed by atoms with Crippen molar-refractivity contribution < 1.29 is 43.2 Å². The normalized spacial score (nSPS) is 14.5. The van der Waals surface area contributed by atoms with Gasteiger partial charge in [0.25, 0.3) is 0 Å². The maximum absolute atomic E-state index is 11.8. The van der Waals surface area contributed by atoms with Gasteiger partial charge in [0.1, 0.15) is 0 Å². The summed E-state index contributed by atoms with van der Waals surface area (Å²) >= 11 is 0. The van der Waals surface area contributed by atoms with E-state index in [4.69, 9.17) is 19.3 Å². The van der Waals surface area contributed by atoms with E-state index in [1.165, 1.54) is 14.0 Å². The van der Waals surface area contributed by atoms with Gasteiger partial charge < -0.3 is 24.1 Å². The first kappa shape index (κ1) is 20.8. The number of esters is 3. The van der Waals surface area contributed by atoms with E-state index >= 15 is 0 Å². The summed E-state index contributed by atoms with van der Waals surface area (Å²) in [6.45, 7) is 5.30. The lowest BCUT2D eigenvalue weighted by Gasteiger charge is -2.20. The molecular formula is C14H22O9. The number of aliphatic carboxylic acids is 1. The van der Waals surface area contributed by atoms with Gasteiger partial charge in [0, 0.05) is 7.11 Å². The van der Waals surface area contributed by atoms with Crippen molar-refractivity contribution in [3.05, 3.63) is 0 Å². The van der Waals surface area contributed by atoms with Gasteiger partial charge in [-0.1, -0.05) is 13.8 Å². The third-order valence-corrected chi connectivity index (χ3v) is 2.58. The molecule has 0 heterocycles. The first-order valence-electron chi connectivity index (χ1n) is 6.93. The fourth-order valence-corrected chi connectivity index (χ4v) is 1.20. The van der Waals surface area contributed by atoms with Gasteiger partial charge in [0.05, 0.1) is 12.5 Å². The number of carbonyl (C=O) groups is 4. The second kappa shape index (κ2) is 9.78. The topological polar surface area (TPSA) is 125 Å². The van der Waals surface area contributed by atoms with Crippen molar-refractivity contribution in [1.82, 2.24) is 0 Å². The quantitative estimate of drug-likeness (QED) is 0.463. The first-order valence-corrected chi connectivity index (χ1v) is 6.93. The molecule has 9 heteroatoms. The molecular weight excluding hydrogens is 312 g/mol. The van der Waals surface area contributed by atoms with Crippen LogP contribution in [0.5, 0.6) is 0 Å². The highest BCUT2D eigenvalue weighted by Crippen LogP contribution is 2.07. The van der Waals surface area contributed by atoms with Crippen molar-refractivity contribution in [2.45, 2.75) is 46.0 Å². The van der Waals surface area contributed by atoms with Crippen LogP contribution in [0.2, 0.25) is 0 Å². The van der Waals surface area contributed by atoms with Crippen LogP contribution in [0.1, 0.15) is 27.7 Å². The van der Waals surface area contributed by atoms with Gasteiger partial charge in [0.15, 0.2) is 12.2 Å². The Kier molecular flexibility index (Phi) is 8.86. The number of ether oxygens (including phenoxy) is 4. The summed E-state index contributed by atoms with van der Waals surface area (Å²) in [4.78, 5) is 45.7. The zero-order chi connectivity index (χ0) is 18.2. The molecule has 0 saturated heterocycles. The minimum atomic E-state index is -1.46. The lowest BCUT2D eigenvalue weighted by Crippen LogP contribution is -2.39. The van der Waals surface area contributed by atoms with Crippen LogP contribution in [-0.4, -0.2) is 61.0 Å². The van der Waals surface area contributed by atoms with E-state index in [0.29, 0.717) is 0 Å². The van der Waals surface area contributed by atoms with E-state index in [1.807, 2.05) is 0 Å². The predicted molar refractivity (Wildman–Crippen MR) is 75.3 cm³/mol. The van der Waals surface area contributed by atoms with Gasteiger partial charge >= 0.3 is 23.9 Å². The van der Waals surface area contributed by atoms with Crippen LogP contribution in [0.25, 0.3) is 0 Å². The molecule has 1 N–H and O–H groups in total. The molecule has 0 aliphatic heterocycles. The monoisotopic (exact) mass is 334 g/mol. The van der Waals surface area contributed by atoms with Crippen molar-refractivity contribution in [1.29, 1.82) is 0 Å². The average molecular weight is 334 g/mol. The number of carboxylic acids is 1. The first-order chi connectivity index (χ1) is 10.6. The van der Waals surface area contributed by atoms with E-state index < -0.39 is 48.1 Å². The molecule has 0 saturated carbocycles. The van der Waals surface area contributed by atoms with E-state index in [2.05, 4.69) is 4.74 Å². The Morgan fingerprint density at radius 1 is 0.826 bits per heavy atom. The van der Waals surface area contributed by atoms with E-state index in [9.17, 15) is 19.2 Å². The Labute approximate surface area is 133 Å². The van der Waals surface area contributed by atoms with Crippen molar-refractivity contribution in [3.8, 4) is 0 Å². The second-order valence-corrected chi connectivity index (χ2v) is 5.03. The van der Waals surface area contributed by atoms with Crippen molar-refractivity contribution in [3.63, 3.8) is 0 Å². The Balaban J connectivity index is 4.73. The number of methoxy groups -OCH3 is 1. The fourth-order valence-electron chi connectivity index (χ4n) is 1.20. The molecule has 0 rings (SSSR count). The Morgan fingerprint density at radius 3 is 1.78 bits per heavy atom. The SMILES string of the molecule is COCC(OC(=O)C(C)OC(=O)C(C)C)C(=O)OC(C)C(=O)O. The molecule has 0 aromatic heterocycles. The molecule has 0 aromatic carbocycles. The highest BCUT2D eigenvalue weighted by atomic mass is 16.6. The average Bonchev–Trinajstić information content (AvgIpc) is 2.45. The number of hydrogen-bond donors (Lipinski definition) is 1. The van der Waals surface area contributed by atoms with Crippen molar-refractivity contribution in [2.24, 2.45) is 5.92 Å². The van der Waals surface area contributed by atoms with Gasteiger partial charge in [0.2, 0.25) is 6.10 Å². The lowest BCUT2D eigenvalue weighted by atomic mass is 10.2. The van der Waals surface area contributed by atoms with Gasteiger partial charge in [-0.3, -0.25) is 4.79 Å². The molecule has 0 fully saturated rings. The summed E-state index contributed by atoms with van der Waals surface area (Å²) in [5.74, 6) is -4.42.